The molecule has 6 heteroatoms. The summed E-state index contributed by atoms with van der Waals surface area (Å²) in [5, 5.41) is 8.19. The van der Waals surface area contributed by atoms with Gasteiger partial charge < -0.3 is 10.1 Å². The van der Waals surface area contributed by atoms with Crippen LogP contribution in [0.5, 0.6) is 5.75 Å². The van der Waals surface area contributed by atoms with Crippen molar-refractivity contribution in [2.75, 3.05) is 5.32 Å². The van der Waals surface area contributed by atoms with Crippen molar-refractivity contribution < 1.29 is 9.53 Å². The molecule has 1 amide bonds. The molecule has 25 heavy (non-hydrogen) atoms. The number of aryl methyl sites for hydroxylation is 2. The van der Waals surface area contributed by atoms with E-state index in [0.29, 0.717) is 18.7 Å². The number of carbonyl (C=O) groups is 1. The third-order valence-corrected chi connectivity index (χ3v) is 3.82. The van der Waals surface area contributed by atoms with Gasteiger partial charge in [0.15, 0.2) is 5.82 Å². The van der Waals surface area contributed by atoms with E-state index in [4.69, 9.17) is 4.74 Å². The lowest BCUT2D eigenvalue weighted by atomic mass is 10.1. The van der Waals surface area contributed by atoms with Crippen LogP contribution < -0.4 is 10.1 Å². The lowest BCUT2D eigenvalue weighted by Gasteiger charge is -2.11. The van der Waals surface area contributed by atoms with Crippen LogP contribution in [0.4, 0.5) is 5.82 Å². The maximum atomic E-state index is 12.4. The first-order chi connectivity index (χ1) is 12.0. The zero-order valence-corrected chi connectivity index (χ0v) is 14.7. The number of pyridine rings is 1. The number of fused-ring (bicyclic) bond motifs is 1. The fourth-order valence-electron chi connectivity index (χ4n) is 2.72. The Morgan fingerprint density at radius 2 is 2.12 bits per heavy atom. The topological polar surface area (TPSA) is 69.0 Å². The number of hydrogen-bond donors (Lipinski definition) is 1. The Balaban J connectivity index is 1.79. The number of benzene rings is 1. The maximum absolute atomic E-state index is 12.4. The number of aromatic nitrogens is 3. The first kappa shape index (κ1) is 17.0. The zero-order valence-electron chi connectivity index (χ0n) is 14.7. The fourth-order valence-corrected chi connectivity index (χ4v) is 2.72. The van der Waals surface area contributed by atoms with Crippen molar-refractivity contribution >= 4 is 22.6 Å². The van der Waals surface area contributed by atoms with Crippen molar-refractivity contribution in [3.8, 4) is 5.75 Å². The van der Waals surface area contributed by atoms with E-state index in [9.17, 15) is 4.79 Å². The average molecular weight is 338 g/mol. The Bertz CT molecular complexity index is 872. The number of anilines is 1. The normalized spacial score (nSPS) is 11.0. The first-order valence-electron chi connectivity index (χ1n) is 8.35. The second-order valence-electron chi connectivity index (χ2n) is 6.20. The van der Waals surface area contributed by atoms with Gasteiger partial charge in [-0.15, -0.1) is 0 Å². The molecule has 2 aromatic heterocycles. The van der Waals surface area contributed by atoms with Crippen molar-refractivity contribution in [2.45, 2.75) is 32.8 Å². The zero-order chi connectivity index (χ0) is 17.8. The summed E-state index contributed by atoms with van der Waals surface area (Å²) < 4.78 is 7.63. The van der Waals surface area contributed by atoms with Gasteiger partial charge >= 0.3 is 0 Å². The smallest absolute Gasteiger partial charge is 0.225 e. The van der Waals surface area contributed by atoms with Crippen LogP contribution in [0.25, 0.3) is 10.9 Å². The van der Waals surface area contributed by atoms with E-state index in [1.807, 2.05) is 51.2 Å². The quantitative estimate of drug-likeness (QED) is 0.748. The van der Waals surface area contributed by atoms with E-state index in [2.05, 4.69) is 15.4 Å². The number of ether oxygens (including phenoxy) is 1. The van der Waals surface area contributed by atoms with E-state index in [-0.39, 0.29) is 12.0 Å². The molecular formula is C19H22N4O2. The lowest BCUT2D eigenvalue weighted by molar-refractivity contribution is -0.116. The molecule has 6 nitrogen and oxygen atoms in total. The Hall–Kier alpha value is -2.89. The summed E-state index contributed by atoms with van der Waals surface area (Å²) in [6.07, 6.45) is 4.55. The molecular weight excluding hydrogens is 316 g/mol. The van der Waals surface area contributed by atoms with Crippen LogP contribution in [0.15, 0.2) is 42.7 Å². The number of amides is 1. The molecule has 2 heterocycles. The van der Waals surface area contributed by atoms with E-state index in [0.717, 1.165) is 22.2 Å². The highest BCUT2D eigenvalue weighted by molar-refractivity contribution is 6.02. The fraction of sp³-hybridized carbons (Fsp3) is 0.316. The van der Waals surface area contributed by atoms with Crippen molar-refractivity contribution in [3.63, 3.8) is 0 Å². The molecule has 130 valence electrons. The highest BCUT2D eigenvalue weighted by Gasteiger charge is 2.16. The largest absolute Gasteiger partial charge is 0.490 e. The van der Waals surface area contributed by atoms with E-state index in [1.54, 1.807) is 17.1 Å². The molecule has 1 aromatic carbocycles. The van der Waals surface area contributed by atoms with E-state index >= 15 is 0 Å². The van der Waals surface area contributed by atoms with Crippen LogP contribution in [0.1, 0.15) is 25.8 Å². The van der Waals surface area contributed by atoms with Crippen LogP contribution in [-0.2, 0) is 18.3 Å². The minimum Gasteiger partial charge on any atom is -0.490 e. The highest BCUT2D eigenvalue weighted by Crippen LogP contribution is 2.32. The van der Waals surface area contributed by atoms with Gasteiger partial charge in [0.2, 0.25) is 5.91 Å². The molecule has 0 unspecified atom stereocenters. The van der Waals surface area contributed by atoms with Crippen LogP contribution in [-0.4, -0.2) is 26.8 Å². The Kier molecular flexibility index (Phi) is 4.97. The monoisotopic (exact) mass is 338 g/mol. The van der Waals surface area contributed by atoms with Crippen LogP contribution in [0, 0.1) is 0 Å². The number of nitrogens with zero attached hydrogens (tertiary/aromatic N) is 3. The number of nitrogens with one attached hydrogen (secondary N) is 1. The van der Waals surface area contributed by atoms with Gasteiger partial charge in [-0.3, -0.25) is 14.5 Å². The van der Waals surface area contributed by atoms with Gasteiger partial charge in [-0.05, 0) is 44.0 Å². The predicted octanol–water partition coefficient (Wildman–Crippen LogP) is 3.33. The summed E-state index contributed by atoms with van der Waals surface area (Å²) in [5.41, 5.74) is 1.95. The summed E-state index contributed by atoms with van der Waals surface area (Å²) in [6.45, 7) is 3.95. The summed E-state index contributed by atoms with van der Waals surface area (Å²) in [6, 6.07) is 9.62. The van der Waals surface area contributed by atoms with Crippen LogP contribution in [0.2, 0.25) is 0 Å². The lowest BCUT2D eigenvalue weighted by Crippen LogP contribution is -2.13. The van der Waals surface area contributed by atoms with Gasteiger partial charge in [0.05, 0.1) is 17.0 Å². The molecule has 0 bridgehead atoms. The van der Waals surface area contributed by atoms with E-state index in [1.165, 1.54) is 0 Å². The molecule has 0 fully saturated rings. The van der Waals surface area contributed by atoms with E-state index < -0.39 is 0 Å². The summed E-state index contributed by atoms with van der Waals surface area (Å²) in [4.78, 5) is 16.4. The van der Waals surface area contributed by atoms with Crippen LogP contribution >= 0.6 is 0 Å². The van der Waals surface area contributed by atoms with Crippen molar-refractivity contribution in [2.24, 2.45) is 7.05 Å². The summed E-state index contributed by atoms with van der Waals surface area (Å²) in [7, 11) is 1.85. The third-order valence-electron chi connectivity index (χ3n) is 3.82. The predicted molar refractivity (Wildman–Crippen MR) is 97.7 cm³/mol. The van der Waals surface area contributed by atoms with Gasteiger partial charge in [-0.25, -0.2) is 0 Å². The second-order valence-corrected chi connectivity index (χ2v) is 6.20. The minimum atomic E-state index is -0.0804. The molecule has 0 atom stereocenters. The standard InChI is InChI=1S/C19H22N4O2/c1-13(2)25-16-8-4-7-15-18(16)19(22-23(15)3)21-17(24)10-9-14-6-5-11-20-12-14/h4-8,11-13H,9-10H2,1-3H3,(H,21,22,24). The van der Waals surface area contributed by atoms with Gasteiger partial charge in [0, 0.05) is 25.9 Å². The second kappa shape index (κ2) is 7.34. The summed E-state index contributed by atoms with van der Waals surface area (Å²) >= 11 is 0. The Labute approximate surface area is 146 Å². The van der Waals surface area contributed by atoms with Crippen molar-refractivity contribution in [3.05, 3.63) is 48.3 Å². The number of carbonyl (C=O) groups excluding carboxylic acids is 1. The molecule has 0 aliphatic carbocycles. The van der Waals surface area contributed by atoms with Gasteiger partial charge in [0.1, 0.15) is 5.75 Å². The number of hydrogen-bond acceptors (Lipinski definition) is 4. The molecule has 1 N–H and O–H groups in total. The van der Waals surface area contributed by atoms with Crippen molar-refractivity contribution in [1.29, 1.82) is 0 Å². The summed E-state index contributed by atoms with van der Waals surface area (Å²) in [5.74, 6) is 1.18. The molecule has 0 aliphatic rings. The molecule has 0 radical (unpaired) electrons. The van der Waals surface area contributed by atoms with Crippen LogP contribution in [0.3, 0.4) is 0 Å². The molecule has 3 aromatic rings. The molecule has 0 aliphatic heterocycles. The molecule has 0 saturated carbocycles. The van der Waals surface area contributed by atoms with Gasteiger partial charge in [-0.1, -0.05) is 12.1 Å². The Morgan fingerprint density at radius 3 is 2.84 bits per heavy atom. The highest BCUT2D eigenvalue weighted by atomic mass is 16.5. The minimum absolute atomic E-state index is 0.0416. The average Bonchev–Trinajstić information content (AvgIpc) is 2.90. The van der Waals surface area contributed by atoms with Crippen molar-refractivity contribution in [1.82, 2.24) is 14.8 Å². The van der Waals surface area contributed by atoms with Gasteiger partial charge in [-0.2, -0.15) is 5.10 Å². The molecule has 3 rings (SSSR count). The molecule has 0 saturated heterocycles. The first-order valence-corrected chi connectivity index (χ1v) is 8.35. The van der Waals surface area contributed by atoms with Gasteiger partial charge in [0.25, 0.3) is 0 Å². The molecule has 0 spiro atoms. The third kappa shape index (κ3) is 3.96. The SMILES string of the molecule is CC(C)Oc1cccc2c1c(NC(=O)CCc1cccnc1)nn2C. The Morgan fingerprint density at radius 1 is 1.28 bits per heavy atom. The number of rotatable bonds is 6. The maximum Gasteiger partial charge on any atom is 0.225 e.